The zero-order valence-electron chi connectivity index (χ0n) is 9.47. The van der Waals surface area contributed by atoms with Crippen molar-refractivity contribution in [2.45, 2.75) is 18.8 Å². The van der Waals surface area contributed by atoms with Crippen molar-refractivity contribution in [1.29, 1.82) is 0 Å². The van der Waals surface area contributed by atoms with Gasteiger partial charge in [0.2, 0.25) is 5.91 Å². The summed E-state index contributed by atoms with van der Waals surface area (Å²) in [6.45, 7) is 0. The van der Waals surface area contributed by atoms with E-state index < -0.39 is 5.91 Å². The molecule has 4 nitrogen and oxygen atoms in total. The number of aromatic amines is 1. The van der Waals surface area contributed by atoms with E-state index in [-0.39, 0.29) is 0 Å². The van der Waals surface area contributed by atoms with E-state index >= 15 is 0 Å². The Morgan fingerprint density at radius 1 is 1.35 bits per heavy atom. The number of carbonyl (C=O) groups is 1. The third-order valence-electron chi connectivity index (χ3n) is 2.59. The summed E-state index contributed by atoms with van der Waals surface area (Å²) in [5.74, 6) is 0.438. The number of carbonyl (C=O) groups excluding carboxylic acids is 1. The molecule has 1 aliphatic rings. The molecule has 3 rings (SSSR count). The van der Waals surface area contributed by atoms with Crippen LogP contribution in [0.25, 0.3) is 0 Å². The highest BCUT2D eigenvalue weighted by atomic mass is 16.1. The van der Waals surface area contributed by atoms with Crippen molar-refractivity contribution in [3.05, 3.63) is 54.1 Å². The fraction of sp³-hybridized carbons (Fsp3) is 0.231. The highest BCUT2D eigenvalue weighted by molar-refractivity contribution is 5.92. The molecule has 2 heterocycles. The van der Waals surface area contributed by atoms with E-state index in [1.807, 2.05) is 6.20 Å². The van der Waals surface area contributed by atoms with Crippen LogP contribution in [0.5, 0.6) is 0 Å². The third-order valence-corrected chi connectivity index (χ3v) is 2.59. The lowest BCUT2D eigenvalue weighted by Gasteiger charge is -1.88. The number of rotatable bonds is 2. The molecule has 0 unspecified atom stereocenters. The molecule has 0 radical (unpaired) electrons. The minimum Gasteiger partial charge on any atom is -0.366 e. The van der Waals surface area contributed by atoms with Gasteiger partial charge in [0.1, 0.15) is 0 Å². The van der Waals surface area contributed by atoms with E-state index in [1.165, 1.54) is 24.7 Å². The first-order chi connectivity index (χ1) is 8.27. The molecule has 1 saturated carbocycles. The first kappa shape index (κ1) is 11.4. The smallest absolute Gasteiger partial charge is 0.250 e. The molecule has 4 heteroatoms. The topological polar surface area (TPSA) is 71.8 Å². The Balaban J connectivity index is 0.000000127. The number of nitrogens with two attached hydrogens (primary N) is 1. The van der Waals surface area contributed by atoms with Crippen LogP contribution in [0.1, 0.15) is 34.8 Å². The third kappa shape index (κ3) is 3.45. The van der Waals surface area contributed by atoms with E-state index in [0.29, 0.717) is 5.56 Å². The molecule has 17 heavy (non-hydrogen) atoms. The molecule has 0 spiro atoms. The Hall–Kier alpha value is -2.10. The second-order valence-corrected chi connectivity index (χ2v) is 4.01. The Bertz CT molecular complexity index is 461. The number of pyridine rings is 1. The van der Waals surface area contributed by atoms with Crippen molar-refractivity contribution >= 4 is 5.91 Å². The lowest BCUT2D eigenvalue weighted by atomic mass is 10.3. The van der Waals surface area contributed by atoms with Crippen LogP contribution in [0.3, 0.4) is 0 Å². The maximum Gasteiger partial charge on any atom is 0.250 e. The van der Waals surface area contributed by atoms with E-state index in [4.69, 9.17) is 5.73 Å². The Labute approximate surface area is 99.9 Å². The normalized spacial score (nSPS) is 13.6. The first-order valence-electron chi connectivity index (χ1n) is 5.60. The fourth-order valence-electron chi connectivity index (χ4n) is 1.50. The van der Waals surface area contributed by atoms with Gasteiger partial charge in [0, 0.05) is 24.3 Å². The number of hydrogen-bond donors (Lipinski definition) is 2. The maximum atomic E-state index is 10.4. The summed E-state index contributed by atoms with van der Waals surface area (Å²) in [5.41, 5.74) is 6.80. The first-order valence-corrected chi connectivity index (χ1v) is 5.60. The molecule has 0 saturated heterocycles. The van der Waals surface area contributed by atoms with Gasteiger partial charge in [-0.3, -0.25) is 9.78 Å². The predicted molar refractivity (Wildman–Crippen MR) is 65.5 cm³/mol. The fourth-order valence-corrected chi connectivity index (χ4v) is 1.50. The standard InChI is InChI=1S/C7H9N.C6H6N2O/c1-2-7(8-5-1)6-3-4-6;7-6(9)5-2-1-3-8-4-5/h1-2,5-6,8H,3-4H2;1-4H,(H2,7,9). The molecule has 0 aromatic carbocycles. The number of amides is 1. The number of nitrogens with one attached hydrogen (secondary N) is 1. The molecule has 88 valence electrons. The molecule has 0 bridgehead atoms. The zero-order valence-corrected chi connectivity index (χ0v) is 9.47. The summed E-state index contributed by atoms with van der Waals surface area (Å²) >= 11 is 0. The Kier molecular flexibility index (Phi) is 3.55. The van der Waals surface area contributed by atoms with Crippen molar-refractivity contribution in [2.75, 3.05) is 0 Å². The van der Waals surface area contributed by atoms with Crippen LogP contribution in [0.2, 0.25) is 0 Å². The second-order valence-electron chi connectivity index (χ2n) is 4.01. The van der Waals surface area contributed by atoms with Gasteiger partial charge in [-0.15, -0.1) is 0 Å². The predicted octanol–water partition coefficient (Wildman–Crippen LogP) is 2.07. The van der Waals surface area contributed by atoms with Crippen LogP contribution in [-0.2, 0) is 0 Å². The number of aromatic nitrogens is 2. The number of hydrogen-bond acceptors (Lipinski definition) is 2. The monoisotopic (exact) mass is 229 g/mol. The van der Waals surface area contributed by atoms with Gasteiger partial charge in [-0.05, 0) is 43.0 Å². The average molecular weight is 229 g/mol. The minimum absolute atomic E-state index is 0.442. The van der Waals surface area contributed by atoms with Gasteiger partial charge >= 0.3 is 0 Å². The SMILES string of the molecule is NC(=O)c1cccnc1.c1c[nH]c(C2CC2)c1. The van der Waals surface area contributed by atoms with E-state index in [2.05, 4.69) is 22.1 Å². The Morgan fingerprint density at radius 2 is 2.18 bits per heavy atom. The van der Waals surface area contributed by atoms with Gasteiger partial charge in [0.05, 0.1) is 5.56 Å². The van der Waals surface area contributed by atoms with Crippen LogP contribution in [0, 0.1) is 0 Å². The summed E-state index contributed by atoms with van der Waals surface area (Å²) in [7, 11) is 0. The summed E-state index contributed by atoms with van der Waals surface area (Å²) in [5, 5.41) is 0. The molecule has 0 atom stereocenters. The van der Waals surface area contributed by atoms with Crippen molar-refractivity contribution in [3.63, 3.8) is 0 Å². The summed E-state index contributed by atoms with van der Waals surface area (Å²) in [6.07, 6.45) is 7.80. The summed E-state index contributed by atoms with van der Waals surface area (Å²) < 4.78 is 0. The Morgan fingerprint density at radius 3 is 2.59 bits per heavy atom. The molecule has 1 aliphatic carbocycles. The molecule has 0 aliphatic heterocycles. The van der Waals surface area contributed by atoms with Crippen LogP contribution < -0.4 is 5.73 Å². The molecular formula is C13H15N3O. The van der Waals surface area contributed by atoms with Gasteiger partial charge in [0.25, 0.3) is 0 Å². The lowest BCUT2D eigenvalue weighted by molar-refractivity contribution is 0.1000. The van der Waals surface area contributed by atoms with Gasteiger partial charge in [-0.1, -0.05) is 0 Å². The molecular weight excluding hydrogens is 214 g/mol. The quantitative estimate of drug-likeness (QED) is 0.827. The highest BCUT2D eigenvalue weighted by Gasteiger charge is 2.23. The van der Waals surface area contributed by atoms with E-state index in [9.17, 15) is 4.79 Å². The van der Waals surface area contributed by atoms with Gasteiger partial charge in [0.15, 0.2) is 0 Å². The molecule has 2 aromatic heterocycles. The highest BCUT2D eigenvalue weighted by Crippen LogP contribution is 2.38. The minimum atomic E-state index is -0.442. The second kappa shape index (κ2) is 5.30. The van der Waals surface area contributed by atoms with Crippen LogP contribution >= 0.6 is 0 Å². The number of H-pyrrole nitrogens is 1. The largest absolute Gasteiger partial charge is 0.366 e. The van der Waals surface area contributed by atoms with Crippen molar-refractivity contribution < 1.29 is 4.79 Å². The molecule has 3 N–H and O–H groups in total. The van der Waals surface area contributed by atoms with Crippen molar-refractivity contribution in [2.24, 2.45) is 5.73 Å². The maximum absolute atomic E-state index is 10.4. The van der Waals surface area contributed by atoms with Crippen LogP contribution in [-0.4, -0.2) is 15.9 Å². The van der Waals surface area contributed by atoms with Crippen LogP contribution in [0.15, 0.2) is 42.9 Å². The summed E-state index contributed by atoms with van der Waals surface area (Å²) in [6, 6.07) is 7.51. The van der Waals surface area contributed by atoms with Gasteiger partial charge < -0.3 is 10.7 Å². The number of primary amides is 1. The van der Waals surface area contributed by atoms with E-state index in [1.54, 1.807) is 18.3 Å². The lowest BCUT2D eigenvalue weighted by Crippen LogP contribution is -2.10. The number of nitrogens with zero attached hydrogens (tertiary/aromatic N) is 1. The van der Waals surface area contributed by atoms with Crippen molar-refractivity contribution in [3.8, 4) is 0 Å². The van der Waals surface area contributed by atoms with Crippen molar-refractivity contribution in [1.82, 2.24) is 9.97 Å². The molecule has 2 aromatic rings. The van der Waals surface area contributed by atoms with Gasteiger partial charge in [-0.2, -0.15) is 0 Å². The van der Waals surface area contributed by atoms with Gasteiger partial charge in [-0.25, -0.2) is 0 Å². The zero-order chi connectivity index (χ0) is 12.1. The molecule has 1 fully saturated rings. The van der Waals surface area contributed by atoms with E-state index in [0.717, 1.165) is 5.92 Å². The average Bonchev–Trinajstić information content (AvgIpc) is 3.07. The molecule has 1 amide bonds. The van der Waals surface area contributed by atoms with Crippen LogP contribution in [0.4, 0.5) is 0 Å². The summed E-state index contributed by atoms with van der Waals surface area (Å²) in [4.78, 5) is 17.3.